The van der Waals surface area contributed by atoms with Crippen LogP contribution in [0.4, 0.5) is 13.2 Å². The van der Waals surface area contributed by atoms with Gasteiger partial charge in [0.15, 0.2) is 5.69 Å². The summed E-state index contributed by atoms with van der Waals surface area (Å²) in [6, 6.07) is 1.27. The molecule has 0 aliphatic heterocycles. The van der Waals surface area contributed by atoms with Gasteiger partial charge in [-0.2, -0.15) is 13.2 Å². The van der Waals surface area contributed by atoms with Gasteiger partial charge in [-0.15, -0.1) is 0 Å². The molecule has 0 radical (unpaired) electrons. The molecule has 6 nitrogen and oxygen atoms in total. The van der Waals surface area contributed by atoms with Gasteiger partial charge in [0.25, 0.3) is 5.91 Å². The number of amides is 1. The van der Waals surface area contributed by atoms with Crippen LogP contribution in [0.3, 0.4) is 0 Å². The van der Waals surface area contributed by atoms with Crippen LogP contribution in [0.5, 0.6) is 0 Å². The van der Waals surface area contributed by atoms with Crippen molar-refractivity contribution in [2.75, 3.05) is 13.1 Å². The van der Waals surface area contributed by atoms with Crippen LogP contribution < -0.4 is 0 Å². The number of carbonyl (C=O) groups is 2. The molecule has 9 heteroatoms. The SMILES string of the molecule is O=C(O)CN(CC(F)(F)F)C(=O)c1cc(C2CC2)on1. The van der Waals surface area contributed by atoms with E-state index in [2.05, 4.69) is 5.16 Å². The smallest absolute Gasteiger partial charge is 0.406 e. The van der Waals surface area contributed by atoms with Crippen molar-refractivity contribution in [2.45, 2.75) is 24.9 Å². The van der Waals surface area contributed by atoms with Crippen molar-refractivity contribution in [2.24, 2.45) is 0 Å². The summed E-state index contributed by atoms with van der Waals surface area (Å²) in [5.41, 5.74) is -0.308. The molecular formula is C11H11F3N2O4. The van der Waals surface area contributed by atoms with Crippen molar-refractivity contribution in [3.8, 4) is 0 Å². The topological polar surface area (TPSA) is 83.6 Å². The average molecular weight is 292 g/mol. The first-order valence-corrected chi connectivity index (χ1v) is 5.80. The van der Waals surface area contributed by atoms with Gasteiger partial charge in [0, 0.05) is 12.0 Å². The minimum absolute atomic E-state index is 0.152. The van der Waals surface area contributed by atoms with E-state index < -0.39 is 31.1 Å². The Balaban J connectivity index is 2.13. The Morgan fingerprint density at radius 1 is 1.45 bits per heavy atom. The van der Waals surface area contributed by atoms with Crippen LogP contribution in [-0.4, -0.2) is 46.3 Å². The van der Waals surface area contributed by atoms with Gasteiger partial charge in [0.05, 0.1) is 0 Å². The van der Waals surface area contributed by atoms with Crippen molar-refractivity contribution in [3.05, 3.63) is 17.5 Å². The average Bonchev–Trinajstić information content (AvgIpc) is 3.03. The fraction of sp³-hybridized carbons (Fsp3) is 0.545. The van der Waals surface area contributed by atoms with Crippen molar-refractivity contribution in [3.63, 3.8) is 0 Å². The molecule has 1 amide bonds. The number of rotatable bonds is 5. The quantitative estimate of drug-likeness (QED) is 0.892. The monoisotopic (exact) mass is 292 g/mol. The Morgan fingerprint density at radius 3 is 2.60 bits per heavy atom. The van der Waals surface area contributed by atoms with Crippen molar-refractivity contribution in [1.29, 1.82) is 0 Å². The predicted molar refractivity (Wildman–Crippen MR) is 58.1 cm³/mol. The van der Waals surface area contributed by atoms with Crippen molar-refractivity contribution >= 4 is 11.9 Å². The van der Waals surface area contributed by atoms with E-state index in [0.29, 0.717) is 5.76 Å². The summed E-state index contributed by atoms with van der Waals surface area (Å²) in [7, 11) is 0. The minimum Gasteiger partial charge on any atom is -0.480 e. The van der Waals surface area contributed by atoms with Crippen molar-refractivity contribution < 1.29 is 32.4 Å². The maximum atomic E-state index is 12.3. The fourth-order valence-electron chi connectivity index (χ4n) is 1.69. The predicted octanol–water partition coefficient (Wildman–Crippen LogP) is 1.64. The molecule has 0 spiro atoms. The maximum absolute atomic E-state index is 12.3. The van der Waals surface area contributed by atoms with Crippen LogP contribution in [0.1, 0.15) is 35.0 Å². The highest BCUT2D eigenvalue weighted by molar-refractivity contribution is 5.94. The summed E-state index contributed by atoms with van der Waals surface area (Å²) in [6.45, 7) is -2.70. The number of hydrogen-bond acceptors (Lipinski definition) is 4. The molecule has 1 aromatic heterocycles. The summed E-state index contributed by atoms with van der Waals surface area (Å²) in [5.74, 6) is -2.05. The van der Waals surface area contributed by atoms with Gasteiger partial charge < -0.3 is 14.5 Å². The molecule has 1 aromatic rings. The Hall–Kier alpha value is -2.06. The Morgan fingerprint density at radius 2 is 2.10 bits per heavy atom. The lowest BCUT2D eigenvalue weighted by Crippen LogP contribution is -2.42. The number of aliphatic carboxylic acids is 1. The van der Waals surface area contributed by atoms with Crippen LogP contribution >= 0.6 is 0 Å². The summed E-state index contributed by atoms with van der Waals surface area (Å²) < 4.78 is 41.9. The third-order valence-electron chi connectivity index (χ3n) is 2.71. The van der Waals surface area contributed by atoms with E-state index in [1.165, 1.54) is 6.07 Å². The molecule has 1 heterocycles. The molecule has 1 N–H and O–H groups in total. The zero-order valence-corrected chi connectivity index (χ0v) is 10.2. The van der Waals surface area contributed by atoms with Gasteiger partial charge in [-0.05, 0) is 12.8 Å². The van der Waals surface area contributed by atoms with E-state index in [0.717, 1.165) is 12.8 Å². The van der Waals surface area contributed by atoms with Gasteiger partial charge in [-0.3, -0.25) is 9.59 Å². The molecule has 0 saturated heterocycles. The summed E-state index contributed by atoms with van der Waals surface area (Å²) in [5, 5.41) is 12.0. The van der Waals surface area contributed by atoms with Crippen LogP contribution in [-0.2, 0) is 4.79 Å². The van der Waals surface area contributed by atoms with E-state index in [1.807, 2.05) is 0 Å². The molecule has 20 heavy (non-hydrogen) atoms. The van der Waals surface area contributed by atoms with E-state index >= 15 is 0 Å². The first-order chi connectivity index (χ1) is 9.26. The van der Waals surface area contributed by atoms with Gasteiger partial charge in [-0.25, -0.2) is 0 Å². The molecule has 1 fully saturated rings. The van der Waals surface area contributed by atoms with Gasteiger partial charge in [0.1, 0.15) is 18.8 Å². The lowest BCUT2D eigenvalue weighted by atomic mass is 10.2. The van der Waals surface area contributed by atoms with Crippen molar-refractivity contribution in [1.82, 2.24) is 10.1 Å². The van der Waals surface area contributed by atoms with Gasteiger partial charge in [-0.1, -0.05) is 5.16 Å². The van der Waals surface area contributed by atoms with Crippen LogP contribution in [0, 0.1) is 0 Å². The Labute approximate surface area is 111 Å². The summed E-state index contributed by atoms with van der Waals surface area (Å²) >= 11 is 0. The van der Waals surface area contributed by atoms with Crippen LogP contribution in [0.25, 0.3) is 0 Å². The molecule has 0 bridgehead atoms. The number of carbonyl (C=O) groups excluding carboxylic acids is 1. The molecule has 1 aliphatic carbocycles. The summed E-state index contributed by atoms with van der Waals surface area (Å²) in [6.07, 6.45) is -2.93. The Bertz CT molecular complexity index is 522. The maximum Gasteiger partial charge on any atom is 0.406 e. The molecule has 1 saturated carbocycles. The third-order valence-corrected chi connectivity index (χ3v) is 2.71. The van der Waals surface area contributed by atoms with Crippen LogP contribution in [0.15, 0.2) is 10.6 Å². The fourth-order valence-corrected chi connectivity index (χ4v) is 1.69. The highest BCUT2D eigenvalue weighted by Crippen LogP contribution is 2.40. The van der Waals surface area contributed by atoms with E-state index in [4.69, 9.17) is 9.63 Å². The largest absolute Gasteiger partial charge is 0.480 e. The molecule has 0 aromatic carbocycles. The highest BCUT2D eigenvalue weighted by atomic mass is 19.4. The molecule has 0 unspecified atom stereocenters. The molecule has 2 rings (SSSR count). The number of nitrogens with zero attached hydrogens (tertiary/aromatic N) is 2. The molecular weight excluding hydrogens is 281 g/mol. The van der Waals surface area contributed by atoms with E-state index in [9.17, 15) is 22.8 Å². The second-order valence-electron chi connectivity index (χ2n) is 4.56. The van der Waals surface area contributed by atoms with Gasteiger partial charge in [0.2, 0.25) is 0 Å². The lowest BCUT2D eigenvalue weighted by Gasteiger charge is -2.20. The minimum atomic E-state index is -4.69. The number of hydrogen-bond donors (Lipinski definition) is 1. The standard InChI is InChI=1S/C11H11F3N2O4/c12-11(13,14)5-16(4-9(17)18)10(19)7-3-8(20-15-7)6-1-2-6/h3,6H,1-2,4-5H2,(H,17,18). The number of carboxylic acids is 1. The van der Waals surface area contributed by atoms with E-state index in [1.54, 1.807) is 0 Å². The second-order valence-corrected chi connectivity index (χ2v) is 4.56. The van der Waals surface area contributed by atoms with E-state index in [-0.39, 0.29) is 16.5 Å². The zero-order chi connectivity index (χ0) is 14.9. The summed E-state index contributed by atoms with van der Waals surface area (Å²) in [4.78, 5) is 22.6. The number of alkyl halides is 3. The number of carboxylic acid groups (broad SMARTS) is 1. The first-order valence-electron chi connectivity index (χ1n) is 5.80. The molecule has 1 aliphatic rings. The molecule has 110 valence electrons. The lowest BCUT2D eigenvalue weighted by molar-refractivity contribution is -0.149. The highest BCUT2D eigenvalue weighted by Gasteiger charge is 2.36. The normalized spacial score (nSPS) is 15.2. The molecule has 0 atom stereocenters. The third kappa shape index (κ3) is 3.72. The zero-order valence-electron chi connectivity index (χ0n) is 10.2. The number of halogens is 3. The number of aromatic nitrogens is 1. The van der Waals surface area contributed by atoms with Gasteiger partial charge >= 0.3 is 12.1 Å². The van der Waals surface area contributed by atoms with Crippen LogP contribution in [0.2, 0.25) is 0 Å². The first kappa shape index (κ1) is 14.4. The second kappa shape index (κ2) is 5.14. The Kier molecular flexibility index (Phi) is 3.69.